The lowest BCUT2D eigenvalue weighted by atomic mass is 10.0. The molecule has 2 N–H and O–H groups in total. The second-order valence-corrected chi connectivity index (χ2v) is 4.86. The van der Waals surface area contributed by atoms with Gasteiger partial charge in [-0.15, -0.1) is 0 Å². The first kappa shape index (κ1) is 11.4. The Morgan fingerprint density at radius 2 is 2.06 bits per heavy atom. The predicted molar refractivity (Wildman–Crippen MR) is 62.1 cm³/mol. The fourth-order valence-corrected chi connectivity index (χ4v) is 2.03. The molecule has 0 bridgehead atoms. The van der Waals surface area contributed by atoms with Gasteiger partial charge in [0.1, 0.15) is 0 Å². The SMILES string of the molecule is CC(C)CC(N)c1nc(N2CCCC2)no1. The van der Waals surface area contributed by atoms with Gasteiger partial charge in [-0.25, -0.2) is 0 Å². The topological polar surface area (TPSA) is 68.2 Å². The van der Waals surface area contributed by atoms with E-state index in [1.54, 1.807) is 0 Å². The lowest BCUT2D eigenvalue weighted by Gasteiger charge is -2.10. The Bertz CT molecular complexity index is 330. The van der Waals surface area contributed by atoms with E-state index in [1.807, 2.05) is 0 Å². The lowest BCUT2D eigenvalue weighted by molar-refractivity contribution is 0.335. The molecular weight excluding hydrogens is 204 g/mol. The van der Waals surface area contributed by atoms with E-state index in [0.29, 0.717) is 17.8 Å². The van der Waals surface area contributed by atoms with Gasteiger partial charge in [0.15, 0.2) is 0 Å². The average Bonchev–Trinajstić information content (AvgIpc) is 2.87. The summed E-state index contributed by atoms with van der Waals surface area (Å²) in [5, 5.41) is 3.99. The van der Waals surface area contributed by atoms with Crippen molar-refractivity contribution in [3.63, 3.8) is 0 Å². The highest BCUT2D eigenvalue weighted by atomic mass is 16.5. The first-order valence-corrected chi connectivity index (χ1v) is 6.01. The largest absolute Gasteiger partial charge is 0.338 e. The van der Waals surface area contributed by atoms with E-state index < -0.39 is 0 Å². The number of aromatic nitrogens is 2. The summed E-state index contributed by atoms with van der Waals surface area (Å²) in [6.45, 7) is 6.33. The van der Waals surface area contributed by atoms with Crippen LogP contribution in [-0.4, -0.2) is 23.2 Å². The van der Waals surface area contributed by atoms with Crippen molar-refractivity contribution in [3.05, 3.63) is 5.89 Å². The molecule has 1 aliphatic heterocycles. The predicted octanol–water partition coefficient (Wildman–Crippen LogP) is 1.72. The number of anilines is 1. The highest BCUT2D eigenvalue weighted by molar-refractivity contribution is 5.29. The van der Waals surface area contributed by atoms with Gasteiger partial charge in [-0.3, -0.25) is 0 Å². The first-order valence-electron chi connectivity index (χ1n) is 6.01. The molecule has 1 aromatic heterocycles. The monoisotopic (exact) mass is 224 g/mol. The van der Waals surface area contributed by atoms with Gasteiger partial charge in [-0.05, 0) is 30.3 Å². The molecule has 1 aliphatic rings. The van der Waals surface area contributed by atoms with Crippen LogP contribution >= 0.6 is 0 Å². The van der Waals surface area contributed by atoms with E-state index in [1.165, 1.54) is 12.8 Å². The zero-order chi connectivity index (χ0) is 11.5. The number of hydrogen-bond acceptors (Lipinski definition) is 5. The Morgan fingerprint density at radius 3 is 2.69 bits per heavy atom. The molecule has 0 amide bonds. The highest BCUT2D eigenvalue weighted by Crippen LogP contribution is 2.21. The minimum Gasteiger partial charge on any atom is -0.338 e. The molecular formula is C11H20N4O. The maximum absolute atomic E-state index is 5.99. The first-order chi connectivity index (χ1) is 7.66. The van der Waals surface area contributed by atoms with Crippen molar-refractivity contribution in [1.82, 2.24) is 10.1 Å². The van der Waals surface area contributed by atoms with Gasteiger partial charge < -0.3 is 15.2 Å². The number of nitrogens with two attached hydrogens (primary N) is 1. The van der Waals surface area contributed by atoms with Crippen molar-refractivity contribution in [1.29, 1.82) is 0 Å². The minimum atomic E-state index is -0.135. The number of hydrogen-bond donors (Lipinski definition) is 1. The van der Waals surface area contributed by atoms with Crippen LogP contribution in [0.25, 0.3) is 0 Å². The fourth-order valence-electron chi connectivity index (χ4n) is 2.03. The molecule has 0 spiro atoms. The average molecular weight is 224 g/mol. The zero-order valence-electron chi connectivity index (χ0n) is 10.0. The Hall–Kier alpha value is -1.10. The molecule has 1 aromatic rings. The van der Waals surface area contributed by atoms with Crippen molar-refractivity contribution < 1.29 is 4.52 Å². The summed E-state index contributed by atoms with van der Waals surface area (Å²) in [5.74, 6) is 1.81. The standard InChI is InChI=1S/C11H20N4O/c1-8(2)7-9(12)10-13-11(14-16-10)15-5-3-4-6-15/h8-9H,3-7,12H2,1-2H3. The number of rotatable bonds is 4. The van der Waals surface area contributed by atoms with E-state index >= 15 is 0 Å². The van der Waals surface area contributed by atoms with E-state index in [0.717, 1.165) is 19.5 Å². The van der Waals surface area contributed by atoms with Crippen LogP contribution in [0.5, 0.6) is 0 Å². The summed E-state index contributed by atoms with van der Waals surface area (Å²) in [6.07, 6.45) is 3.30. The summed E-state index contributed by atoms with van der Waals surface area (Å²) < 4.78 is 5.21. The third kappa shape index (κ3) is 2.52. The Labute approximate surface area is 96.0 Å². The van der Waals surface area contributed by atoms with Crippen LogP contribution in [0.1, 0.15) is 45.0 Å². The zero-order valence-corrected chi connectivity index (χ0v) is 10.0. The highest BCUT2D eigenvalue weighted by Gasteiger charge is 2.21. The van der Waals surface area contributed by atoms with E-state index in [-0.39, 0.29) is 6.04 Å². The summed E-state index contributed by atoms with van der Waals surface area (Å²) in [5.41, 5.74) is 5.99. The maximum atomic E-state index is 5.99. The summed E-state index contributed by atoms with van der Waals surface area (Å²) in [6, 6.07) is -0.135. The molecule has 5 nitrogen and oxygen atoms in total. The van der Waals surface area contributed by atoms with Crippen LogP contribution in [-0.2, 0) is 0 Å². The van der Waals surface area contributed by atoms with Crippen molar-refractivity contribution in [2.45, 2.75) is 39.2 Å². The molecule has 0 radical (unpaired) electrons. The smallest absolute Gasteiger partial charge is 0.266 e. The van der Waals surface area contributed by atoms with Crippen LogP contribution in [0.4, 0.5) is 5.95 Å². The van der Waals surface area contributed by atoms with Crippen molar-refractivity contribution in [2.75, 3.05) is 18.0 Å². The number of nitrogens with zero attached hydrogens (tertiary/aromatic N) is 3. The normalized spacial score (nSPS) is 18.4. The van der Waals surface area contributed by atoms with Crippen molar-refractivity contribution in [3.8, 4) is 0 Å². The van der Waals surface area contributed by atoms with Crippen LogP contribution in [0.2, 0.25) is 0 Å². The summed E-state index contributed by atoms with van der Waals surface area (Å²) in [7, 11) is 0. The molecule has 1 unspecified atom stereocenters. The van der Waals surface area contributed by atoms with Crippen LogP contribution < -0.4 is 10.6 Å². The van der Waals surface area contributed by atoms with Gasteiger partial charge in [0, 0.05) is 13.1 Å². The van der Waals surface area contributed by atoms with Gasteiger partial charge in [0.05, 0.1) is 6.04 Å². The van der Waals surface area contributed by atoms with Gasteiger partial charge in [0.2, 0.25) is 5.89 Å². The Morgan fingerprint density at radius 1 is 1.38 bits per heavy atom. The van der Waals surface area contributed by atoms with E-state index in [4.69, 9.17) is 10.3 Å². The quantitative estimate of drug-likeness (QED) is 0.843. The summed E-state index contributed by atoms with van der Waals surface area (Å²) in [4.78, 5) is 6.52. The molecule has 16 heavy (non-hydrogen) atoms. The Balaban J connectivity index is 2.00. The van der Waals surface area contributed by atoms with Crippen LogP contribution in [0.15, 0.2) is 4.52 Å². The van der Waals surface area contributed by atoms with Gasteiger partial charge in [-0.2, -0.15) is 4.98 Å². The molecule has 2 heterocycles. The second kappa shape index (κ2) is 4.82. The fraction of sp³-hybridized carbons (Fsp3) is 0.818. The molecule has 0 aliphatic carbocycles. The third-order valence-corrected chi connectivity index (χ3v) is 2.86. The Kier molecular flexibility index (Phi) is 3.43. The van der Waals surface area contributed by atoms with Crippen LogP contribution in [0.3, 0.4) is 0 Å². The van der Waals surface area contributed by atoms with Gasteiger partial charge in [-0.1, -0.05) is 13.8 Å². The van der Waals surface area contributed by atoms with E-state index in [2.05, 4.69) is 28.9 Å². The van der Waals surface area contributed by atoms with E-state index in [9.17, 15) is 0 Å². The molecule has 90 valence electrons. The maximum Gasteiger partial charge on any atom is 0.266 e. The molecule has 1 fully saturated rings. The van der Waals surface area contributed by atoms with Gasteiger partial charge in [0.25, 0.3) is 5.95 Å². The van der Waals surface area contributed by atoms with Crippen molar-refractivity contribution >= 4 is 5.95 Å². The lowest BCUT2D eigenvalue weighted by Crippen LogP contribution is -2.19. The molecule has 1 atom stereocenters. The molecule has 5 heteroatoms. The van der Waals surface area contributed by atoms with Crippen LogP contribution in [0, 0.1) is 5.92 Å². The molecule has 0 saturated carbocycles. The third-order valence-electron chi connectivity index (χ3n) is 2.86. The molecule has 2 rings (SSSR count). The second-order valence-electron chi connectivity index (χ2n) is 4.86. The molecule has 0 aromatic carbocycles. The summed E-state index contributed by atoms with van der Waals surface area (Å²) >= 11 is 0. The van der Waals surface area contributed by atoms with Crippen molar-refractivity contribution in [2.24, 2.45) is 11.7 Å². The van der Waals surface area contributed by atoms with Gasteiger partial charge >= 0.3 is 0 Å². The molecule has 1 saturated heterocycles. The minimum absolute atomic E-state index is 0.135.